The number of fused-ring (bicyclic) bond motifs is 1. The molecule has 1 saturated heterocycles. The highest BCUT2D eigenvalue weighted by atomic mass is 35.5. The average molecular weight is 481 g/mol. The van der Waals surface area contributed by atoms with Gasteiger partial charge in [0.15, 0.2) is 11.6 Å². The molecule has 1 aromatic heterocycles. The van der Waals surface area contributed by atoms with E-state index in [4.69, 9.17) is 16.3 Å². The molecule has 0 aliphatic carbocycles. The van der Waals surface area contributed by atoms with Crippen molar-refractivity contribution in [3.8, 4) is 5.75 Å². The number of rotatable bonds is 4. The SMILES string of the molecule is CN1CCN(C(=O)NC(=O)c2c(F)ccc(OCc3nc4ccc(Cl)cc4s3)c2F)CC1. The van der Waals surface area contributed by atoms with Crippen molar-refractivity contribution in [1.82, 2.24) is 20.1 Å². The van der Waals surface area contributed by atoms with E-state index >= 15 is 0 Å². The van der Waals surface area contributed by atoms with Gasteiger partial charge in [-0.2, -0.15) is 0 Å². The molecule has 168 valence electrons. The van der Waals surface area contributed by atoms with Crippen molar-refractivity contribution in [3.63, 3.8) is 0 Å². The highest BCUT2D eigenvalue weighted by Crippen LogP contribution is 2.28. The number of ether oxygens (including phenoxy) is 1. The van der Waals surface area contributed by atoms with Crippen LogP contribution in [0.3, 0.4) is 0 Å². The Morgan fingerprint density at radius 2 is 1.94 bits per heavy atom. The summed E-state index contributed by atoms with van der Waals surface area (Å²) in [6.07, 6.45) is 0. The van der Waals surface area contributed by atoms with Gasteiger partial charge in [-0.05, 0) is 37.4 Å². The number of amides is 3. The summed E-state index contributed by atoms with van der Waals surface area (Å²) >= 11 is 7.30. The molecule has 0 radical (unpaired) electrons. The van der Waals surface area contributed by atoms with E-state index in [2.05, 4.69) is 10.3 Å². The molecule has 2 aromatic carbocycles. The molecular weight excluding hydrogens is 462 g/mol. The topological polar surface area (TPSA) is 74.8 Å². The van der Waals surface area contributed by atoms with E-state index in [9.17, 15) is 18.4 Å². The van der Waals surface area contributed by atoms with Crippen molar-refractivity contribution in [2.24, 2.45) is 0 Å². The molecule has 2 heterocycles. The van der Waals surface area contributed by atoms with Gasteiger partial charge in [0.25, 0.3) is 5.91 Å². The van der Waals surface area contributed by atoms with E-state index in [0.717, 1.165) is 22.3 Å². The van der Waals surface area contributed by atoms with E-state index < -0.39 is 29.1 Å². The Balaban J connectivity index is 1.46. The van der Waals surface area contributed by atoms with Gasteiger partial charge in [-0.25, -0.2) is 18.6 Å². The van der Waals surface area contributed by atoms with Crippen molar-refractivity contribution in [2.45, 2.75) is 6.61 Å². The monoisotopic (exact) mass is 480 g/mol. The van der Waals surface area contributed by atoms with Crippen LogP contribution in [0.5, 0.6) is 5.75 Å². The molecule has 32 heavy (non-hydrogen) atoms. The van der Waals surface area contributed by atoms with E-state index in [-0.39, 0.29) is 12.4 Å². The molecule has 1 aliphatic heterocycles. The van der Waals surface area contributed by atoms with Gasteiger partial charge in [-0.3, -0.25) is 10.1 Å². The van der Waals surface area contributed by atoms with Crippen LogP contribution in [0.4, 0.5) is 13.6 Å². The minimum absolute atomic E-state index is 0.0825. The van der Waals surface area contributed by atoms with Gasteiger partial charge in [-0.15, -0.1) is 11.3 Å². The molecule has 0 unspecified atom stereocenters. The lowest BCUT2D eigenvalue weighted by molar-refractivity contribution is 0.0931. The Morgan fingerprint density at radius 3 is 2.69 bits per heavy atom. The second-order valence-corrected chi connectivity index (χ2v) is 8.84. The molecule has 4 rings (SSSR count). The van der Waals surface area contributed by atoms with Crippen molar-refractivity contribution in [1.29, 1.82) is 0 Å². The molecule has 1 aliphatic rings. The first-order valence-corrected chi connectivity index (χ1v) is 11.0. The highest BCUT2D eigenvalue weighted by molar-refractivity contribution is 7.18. The number of nitrogens with zero attached hydrogens (tertiary/aromatic N) is 3. The minimum atomic E-state index is -1.18. The average Bonchev–Trinajstić information content (AvgIpc) is 3.15. The lowest BCUT2D eigenvalue weighted by atomic mass is 10.1. The van der Waals surface area contributed by atoms with Gasteiger partial charge in [0.05, 0.1) is 10.2 Å². The number of carbonyl (C=O) groups excluding carboxylic acids is 2. The number of urea groups is 1. The Bertz CT molecular complexity index is 1180. The fourth-order valence-electron chi connectivity index (χ4n) is 3.25. The van der Waals surface area contributed by atoms with Crippen molar-refractivity contribution < 1.29 is 23.1 Å². The summed E-state index contributed by atoms with van der Waals surface area (Å²) in [6.45, 7) is 2.03. The maximum atomic E-state index is 14.9. The van der Waals surface area contributed by atoms with Crippen molar-refractivity contribution in [3.05, 3.63) is 57.6 Å². The van der Waals surface area contributed by atoms with Crippen LogP contribution in [-0.4, -0.2) is 59.9 Å². The molecule has 11 heteroatoms. The first-order chi connectivity index (χ1) is 15.3. The van der Waals surface area contributed by atoms with Crippen LogP contribution in [0.15, 0.2) is 30.3 Å². The molecule has 3 aromatic rings. The van der Waals surface area contributed by atoms with Crippen LogP contribution in [0.2, 0.25) is 5.02 Å². The van der Waals surface area contributed by atoms with E-state index in [1.807, 2.05) is 11.9 Å². The first-order valence-electron chi connectivity index (χ1n) is 9.76. The van der Waals surface area contributed by atoms with Crippen LogP contribution >= 0.6 is 22.9 Å². The zero-order valence-corrected chi connectivity index (χ0v) is 18.6. The molecule has 7 nitrogen and oxygen atoms in total. The Hall–Kier alpha value is -2.82. The number of nitrogens with one attached hydrogen (secondary N) is 1. The smallest absolute Gasteiger partial charge is 0.324 e. The molecule has 0 saturated carbocycles. The lowest BCUT2D eigenvalue weighted by Crippen LogP contribution is -2.51. The van der Waals surface area contributed by atoms with Crippen LogP contribution in [-0.2, 0) is 6.61 Å². The number of carbonyl (C=O) groups is 2. The lowest BCUT2D eigenvalue weighted by Gasteiger charge is -2.32. The van der Waals surface area contributed by atoms with E-state index in [1.54, 1.807) is 18.2 Å². The largest absolute Gasteiger partial charge is 0.483 e. The number of hydrogen-bond acceptors (Lipinski definition) is 6. The summed E-state index contributed by atoms with van der Waals surface area (Å²) in [5.41, 5.74) is -0.152. The molecule has 1 N–H and O–H groups in total. The van der Waals surface area contributed by atoms with E-state index in [1.165, 1.54) is 16.2 Å². The number of imide groups is 1. The standard InChI is InChI=1S/C21H19ClF2N4O3S/c1-27-6-8-28(9-7-27)21(30)26-20(29)18-13(23)3-5-15(19(18)24)31-11-17-25-14-4-2-12(22)10-16(14)32-17/h2-5,10H,6-9,11H2,1H3,(H,26,29,30). The number of benzene rings is 2. The third kappa shape index (κ3) is 4.82. The summed E-state index contributed by atoms with van der Waals surface area (Å²) in [7, 11) is 1.92. The van der Waals surface area contributed by atoms with Gasteiger partial charge in [0.2, 0.25) is 0 Å². The molecule has 0 spiro atoms. The van der Waals surface area contributed by atoms with Crippen LogP contribution in [0.1, 0.15) is 15.4 Å². The second-order valence-electron chi connectivity index (χ2n) is 7.29. The number of likely N-dealkylation sites (N-methyl/N-ethyl adjacent to an activating group) is 1. The fourth-order valence-corrected chi connectivity index (χ4v) is 4.41. The first kappa shape index (κ1) is 22.4. The predicted molar refractivity (Wildman–Crippen MR) is 117 cm³/mol. The van der Waals surface area contributed by atoms with Crippen LogP contribution in [0.25, 0.3) is 10.2 Å². The van der Waals surface area contributed by atoms with Gasteiger partial charge in [0, 0.05) is 31.2 Å². The Morgan fingerprint density at radius 1 is 1.19 bits per heavy atom. The molecule has 1 fully saturated rings. The number of hydrogen-bond donors (Lipinski definition) is 1. The number of aromatic nitrogens is 1. The normalized spacial score (nSPS) is 14.6. The quantitative estimate of drug-likeness (QED) is 0.613. The molecule has 0 bridgehead atoms. The van der Waals surface area contributed by atoms with Crippen molar-refractivity contribution >= 4 is 45.1 Å². The third-order valence-electron chi connectivity index (χ3n) is 5.04. The summed E-state index contributed by atoms with van der Waals surface area (Å²) in [6, 6.07) is 6.55. The Labute approximate surface area is 191 Å². The van der Waals surface area contributed by atoms with Crippen LogP contribution in [0, 0.1) is 11.6 Å². The maximum absolute atomic E-state index is 14.9. The Kier molecular flexibility index (Phi) is 6.54. The third-order valence-corrected chi connectivity index (χ3v) is 6.27. The number of piperazine rings is 1. The summed E-state index contributed by atoms with van der Waals surface area (Å²) in [4.78, 5) is 32.6. The summed E-state index contributed by atoms with van der Waals surface area (Å²) in [5, 5.41) is 3.18. The van der Waals surface area contributed by atoms with Gasteiger partial charge in [-0.1, -0.05) is 11.6 Å². The van der Waals surface area contributed by atoms with Gasteiger partial charge < -0.3 is 14.5 Å². The van der Waals surface area contributed by atoms with E-state index in [0.29, 0.717) is 36.2 Å². The van der Waals surface area contributed by atoms with Crippen LogP contribution < -0.4 is 10.1 Å². The van der Waals surface area contributed by atoms with Gasteiger partial charge in [0.1, 0.15) is 23.0 Å². The van der Waals surface area contributed by atoms with Crippen molar-refractivity contribution in [2.75, 3.05) is 33.2 Å². The molecule has 3 amide bonds. The minimum Gasteiger partial charge on any atom is -0.483 e. The summed E-state index contributed by atoms with van der Waals surface area (Å²) < 4.78 is 35.5. The predicted octanol–water partition coefficient (Wildman–Crippen LogP) is 3.90. The zero-order valence-electron chi connectivity index (χ0n) is 17.0. The van der Waals surface area contributed by atoms with Gasteiger partial charge >= 0.3 is 6.03 Å². The number of thiazole rings is 1. The number of halogens is 3. The fraction of sp³-hybridized carbons (Fsp3) is 0.286. The zero-order chi connectivity index (χ0) is 22.8. The maximum Gasteiger partial charge on any atom is 0.324 e. The molecule has 0 atom stereocenters. The molecular formula is C21H19ClF2N4O3S. The summed E-state index contributed by atoms with van der Waals surface area (Å²) in [5.74, 6) is -3.75. The second kappa shape index (κ2) is 9.35. The highest BCUT2D eigenvalue weighted by Gasteiger charge is 2.26.